The number of carbonyl (C=O) groups is 2. The van der Waals surface area contributed by atoms with Crippen LogP contribution >= 0.6 is 11.8 Å². The van der Waals surface area contributed by atoms with Crippen LogP contribution in [-0.2, 0) is 4.79 Å². The van der Waals surface area contributed by atoms with E-state index in [0.717, 1.165) is 11.1 Å². The SMILES string of the molecule is CC(=O)c1cc2c(cc1NC(=O)CSC(c1ccccc1)c1ccccc1)OCO2. The molecular formula is C24H21NO4S. The lowest BCUT2D eigenvalue weighted by atomic mass is 10.0. The van der Waals surface area contributed by atoms with Gasteiger partial charge in [-0.2, -0.15) is 0 Å². The molecule has 1 amide bonds. The molecule has 30 heavy (non-hydrogen) atoms. The fourth-order valence-corrected chi connectivity index (χ4v) is 4.41. The number of ketones is 1. The number of amides is 1. The lowest BCUT2D eigenvalue weighted by Gasteiger charge is -2.18. The van der Waals surface area contributed by atoms with Crippen molar-refractivity contribution in [3.05, 3.63) is 89.5 Å². The van der Waals surface area contributed by atoms with Crippen LogP contribution in [0, 0.1) is 0 Å². The van der Waals surface area contributed by atoms with Crippen LogP contribution in [0.5, 0.6) is 11.5 Å². The second-order valence-electron chi connectivity index (χ2n) is 6.87. The molecule has 1 aliphatic rings. The topological polar surface area (TPSA) is 64.6 Å². The van der Waals surface area contributed by atoms with E-state index in [-0.39, 0.29) is 29.5 Å². The molecule has 0 bridgehead atoms. The number of hydrogen-bond acceptors (Lipinski definition) is 5. The Kier molecular flexibility index (Phi) is 6.05. The first-order valence-corrected chi connectivity index (χ1v) is 10.6. The van der Waals surface area contributed by atoms with Crippen LogP contribution in [0.4, 0.5) is 5.69 Å². The maximum absolute atomic E-state index is 12.7. The second-order valence-corrected chi connectivity index (χ2v) is 7.96. The number of hydrogen-bond donors (Lipinski definition) is 1. The van der Waals surface area contributed by atoms with E-state index < -0.39 is 0 Å². The summed E-state index contributed by atoms with van der Waals surface area (Å²) in [5.74, 6) is 0.941. The van der Waals surface area contributed by atoms with Crippen molar-refractivity contribution in [3.8, 4) is 11.5 Å². The summed E-state index contributed by atoms with van der Waals surface area (Å²) in [7, 11) is 0. The van der Waals surface area contributed by atoms with Crippen molar-refractivity contribution < 1.29 is 19.1 Å². The highest BCUT2D eigenvalue weighted by molar-refractivity contribution is 8.00. The summed E-state index contributed by atoms with van der Waals surface area (Å²) in [6.45, 7) is 1.57. The maximum atomic E-state index is 12.7. The Morgan fingerprint density at radius 1 is 0.933 bits per heavy atom. The van der Waals surface area contributed by atoms with E-state index >= 15 is 0 Å². The molecule has 3 aromatic carbocycles. The van der Waals surface area contributed by atoms with Gasteiger partial charge in [-0.1, -0.05) is 60.7 Å². The van der Waals surface area contributed by atoms with Crippen molar-refractivity contribution in [1.29, 1.82) is 0 Å². The molecule has 1 heterocycles. The summed E-state index contributed by atoms with van der Waals surface area (Å²) in [5.41, 5.74) is 3.11. The predicted octanol–water partition coefficient (Wildman–Crippen LogP) is 5.08. The molecule has 152 valence electrons. The molecule has 0 unspecified atom stereocenters. The highest BCUT2D eigenvalue weighted by atomic mass is 32.2. The van der Waals surface area contributed by atoms with Gasteiger partial charge < -0.3 is 14.8 Å². The van der Waals surface area contributed by atoms with Gasteiger partial charge in [0, 0.05) is 11.6 Å². The molecule has 0 aromatic heterocycles. The minimum atomic E-state index is -0.182. The molecule has 3 aromatic rings. The number of thioether (sulfide) groups is 1. The van der Waals surface area contributed by atoms with Gasteiger partial charge in [-0.05, 0) is 24.1 Å². The summed E-state index contributed by atoms with van der Waals surface area (Å²) in [6, 6.07) is 23.5. The highest BCUT2D eigenvalue weighted by Crippen LogP contribution is 2.38. The molecular weight excluding hydrogens is 398 g/mol. The van der Waals surface area contributed by atoms with Gasteiger partial charge in [0.2, 0.25) is 12.7 Å². The van der Waals surface area contributed by atoms with Crippen LogP contribution in [0.3, 0.4) is 0 Å². The fourth-order valence-electron chi connectivity index (χ4n) is 3.32. The number of nitrogens with one attached hydrogen (secondary N) is 1. The highest BCUT2D eigenvalue weighted by Gasteiger charge is 2.21. The minimum Gasteiger partial charge on any atom is -0.454 e. The fraction of sp³-hybridized carbons (Fsp3) is 0.167. The molecule has 0 atom stereocenters. The van der Waals surface area contributed by atoms with Crippen molar-refractivity contribution in [1.82, 2.24) is 0 Å². The number of fused-ring (bicyclic) bond motifs is 1. The van der Waals surface area contributed by atoms with Gasteiger partial charge in [-0.3, -0.25) is 9.59 Å². The first kappa shape index (κ1) is 20.0. The van der Waals surface area contributed by atoms with E-state index in [1.807, 2.05) is 36.4 Å². The Morgan fingerprint density at radius 2 is 1.50 bits per heavy atom. The van der Waals surface area contributed by atoms with E-state index in [2.05, 4.69) is 29.6 Å². The molecule has 0 fully saturated rings. The first-order valence-electron chi connectivity index (χ1n) is 9.58. The zero-order valence-electron chi connectivity index (χ0n) is 16.5. The molecule has 0 saturated heterocycles. The second kappa shape index (κ2) is 9.05. The Bertz CT molecular complexity index is 1010. The number of anilines is 1. The molecule has 1 aliphatic heterocycles. The molecule has 6 heteroatoms. The van der Waals surface area contributed by atoms with Gasteiger partial charge >= 0.3 is 0 Å². The smallest absolute Gasteiger partial charge is 0.234 e. The van der Waals surface area contributed by atoms with Gasteiger partial charge in [-0.15, -0.1) is 11.8 Å². The Hall–Kier alpha value is -3.25. The van der Waals surface area contributed by atoms with E-state index in [1.54, 1.807) is 23.9 Å². The number of benzene rings is 3. The van der Waals surface area contributed by atoms with E-state index in [4.69, 9.17) is 9.47 Å². The summed E-state index contributed by atoms with van der Waals surface area (Å²) in [5, 5.41) is 2.89. The van der Waals surface area contributed by atoms with Crippen molar-refractivity contribution in [2.45, 2.75) is 12.2 Å². The third-order valence-electron chi connectivity index (χ3n) is 4.75. The largest absolute Gasteiger partial charge is 0.454 e. The molecule has 5 nitrogen and oxygen atoms in total. The summed E-state index contributed by atoms with van der Waals surface area (Å²) in [4.78, 5) is 24.8. The van der Waals surface area contributed by atoms with Gasteiger partial charge in [-0.25, -0.2) is 0 Å². The average Bonchev–Trinajstić information content (AvgIpc) is 3.22. The predicted molar refractivity (Wildman–Crippen MR) is 118 cm³/mol. The van der Waals surface area contributed by atoms with Crippen LogP contribution in [0.1, 0.15) is 33.7 Å². The first-order chi connectivity index (χ1) is 14.6. The van der Waals surface area contributed by atoms with Crippen LogP contribution in [0.2, 0.25) is 0 Å². The molecule has 1 N–H and O–H groups in total. The third kappa shape index (κ3) is 4.49. The zero-order chi connectivity index (χ0) is 20.9. The van der Waals surface area contributed by atoms with Crippen molar-refractivity contribution in [2.75, 3.05) is 17.9 Å². The van der Waals surface area contributed by atoms with Crippen molar-refractivity contribution in [3.63, 3.8) is 0 Å². The minimum absolute atomic E-state index is 0.0298. The number of Topliss-reactive ketones (excluding diaryl/α,β-unsaturated/α-hetero) is 1. The molecule has 0 spiro atoms. The van der Waals surface area contributed by atoms with Gasteiger partial charge in [0.25, 0.3) is 0 Å². The standard InChI is InChI=1S/C24H21NO4S/c1-16(26)19-12-21-22(29-15-28-21)13-20(19)25-23(27)14-30-24(17-8-4-2-5-9-17)18-10-6-3-7-11-18/h2-13,24H,14-15H2,1H3,(H,25,27). The van der Waals surface area contributed by atoms with Crippen LogP contribution in [0.15, 0.2) is 72.8 Å². The van der Waals surface area contributed by atoms with E-state index in [9.17, 15) is 9.59 Å². The van der Waals surface area contributed by atoms with Crippen LogP contribution in [-0.4, -0.2) is 24.2 Å². The zero-order valence-corrected chi connectivity index (χ0v) is 17.3. The molecule has 4 rings (SSSR count). The number of rotatable bonds is 7. The summed E-state index contributed by atoms with van der Waals surface area (Å²) >= 11 is 1.54. The van der Waals surface area contributed by atoms with E-state index in [1.165, 1.54) is 6.92 Å². The van der Waals surface area contributed by atoms with Crippen LogP contribution in [0.25, 0.3) is 0 Å². The van der Waals surface area contributed by atoms with Gasteiger partial charge in [0.05, 0.1) is 16.7 Å². The van der Waals surface area contributed by atoms with Crippen molar-refractivity contribution >= 4 is 29.1 Å². The number of carbonyl (C=O) groups excluding carboxylic acids is 2. The van der Waals surface area contributed by atoms with Crippen molar-refractivity contribution in [2.24, 2.45) is 0 Å². The van der Waals surface area contributed by atoms with Gasteiger partial charge in [0.15, 0.2) is 17.3 Å². The average molecular weight is 420 g/mol. The monoisotopic (exact) mass is 419 g/mol. The molecule has 0 saturated carbocycles. The quantitative estimate of drug-likeness (QED) is 0.541. The lowest BCUT2D eigenvalue weighted by molar-refractivity contribution is -0.113. The Labute approximate surface area is 179 Å². The normalized spacial score (nSPS) is 12.1. The maximum Gasteiger partial charge on any atom is 0.234 e. The lowest BCUT2D eigenvalue weighted by Crippen LogP contribution is -2.17. The van der Waals surface area contributed by atoms with Crippen LogP contribution < -0.4 is 14.8 Å². The Balaban J connectivity index is 1.50. The summed E-state index contributed by atoms with van der Waals surface area (Å²) in [6.07, 6.45) is 0. The third-order valence-corrected chi connectivity index (χ3v) is 6.06. The summed E-state index contributed by atoms with van der Waals surface area (Å²) < 4.78 is 10.7. The Morgan fingerprint density at radius 3 is 2.07 bits per heavy atom. The number of ether oxygens (including phenoxy) is 2. The molecule has 0 radical (unpaired) electrons. The molecule has 0 aliphatic carbocycles. The van der Waals surface area contributed by atoms with Gasteiger partial charge in [0.1, 0.15) is 0 Å². The van der Waals surface area contributed by atoms with E-state index in [0.29, 0.717) is 22.7 Å².